The number of hydrogen-bond donors (Lipinski definition) is 3. The monoisotopic (exact) mass is 339 g/mol. The predicted molar refractivity (Wildman–Crippen MR) is 102 cm³/mol. The van der Waals surface area contributed by atoms with Gasteiger partial charge in [-0.15, -0.1) is 0 Å². The van der Waals surface area contributed by atoms with Gasteiger partial charge in [0.2, 0.25) is 5.91 Å². The number of nitrogens with one attached hydrogen (secondary N) is 3. The molecule has 2 amide bonds. The van der Waals surface area contributed by atoms with Gasteiger partial charge < -0.3 is 16.0 Å². The molecule has 0 spiro atoms. The van der Waals surface area contributed by atoms with Crippen LogP contribution in [0.4, 0.5) is 11.4 Å². The Bertz CT molecular complexity index is 769. The van der Waals surface area contributed by atoms with E-state index in [9.17, 15) is 9.59 Å². The molecule has 0 fully saturated rings. The summed E-state index contributed by atoms with van der Waals surface area (Å²) in [6.45, 7) is 7.95. The maximum absolute atomic E-state index is 12.2. The molecule has 2 rings (SSSR count). The first kappa shape index (κ1) is 18.5. The molecule has 132 valence electrons. The topological polar surface area (TPSA) is 70.2 Å². The number of carbonyl (C=O) groups is 2. The molecule has 0 saturated carbocycles. The second-order valence-electron chi connectivity index (χ2n) is 6.36. The smallest absolute Gasteiger partial charge is 0.251 e. The zero-order chi connectivity index (χ0) is 18.4. The second-order valence-corrected chi connectivity index (χ2v) is 6.36. The van der Waals surface area contributed by atoms with Crippen molar-refractivity contribution in [2.24, 2.45) is 0 Å². The van der Waals surface area contributed by atoms with Gasteiger partial charge in [-0.2, -0.15) is 0 Å². The lowest BCUT2D eigenvalue weighted by Crippen LogP contribution is -2.30. The molecule has 0 aliphatic heterocycles. The van der Waals surface area contributed by atoms with Gasteiger partial charge in [-0.25, -0.2) is 0 Å². The number of benzene rings is 2. The lowest BCUT2D eigenvalue weighted by atomic mass is 10.1. The molecule has 0 saturated heterocycles. The fraction of sp³-hybridized carbons (Fsp3) is 0.300. The average molecular weight is 339 g/mol. The van der Waals surface area contributed by atoms with Crippen LogP contribution in [-0.2, 0) is 4.79 Å². The normalized spacial score (nSPS) is 10.4. The highest BCUT2D eigenvalue weighted by atomic mass is 16.2. The van der Waals surface area contributed by atoms with E-state index in [1.54, 1.807) is 18.2 Å². The van der Waals surface area contributed by atoms with Crippen LogP contribution in [0.1, 0.15) is 35.3 Å². The van der Waals surface area contributed by atoms with Crippen molar-refractivity contribution in [1.82, 2.24) is 5.32 Å². The maximum atomic E-state index is 12.2. The van der Waals surface area contributed by atoms with E-state index in [0.29, 0.717) is 5.56 Å². The summed E-state index contributed by atoms with van der Waals surface area (Å²) in [5.41, 5.74) is 4.30. The van der Waals surface area contributed by atoms with E-state index in [1.807, 2.05) is 52.0 Å². The summed E-state index contributed by atoms with van der Waals surface area (Å²) < 4.78 is 0. The molecule has 2 aromatic carbocycles. The van der Waals surface area contributed by atoms with Crippen LogP contribution in [0.2, 0.25) is 0 Å². The van der Waals surface area contributed by atoms with E-state index >= 15 is 0 Å². The molecular weight excluding hydrogens is 314 g/mol. The quantitative estimate of drug-likeness (QED) is 0.754. The summed E-state index contributed by atoms with van der Waals surface area (Å²) in [7, 11) is 0. The molecule has 2 aromatic rings. The Kier molecular flexibility index (Phi) is 6.17. The zero-order valence-corrected chi connectivity index (χ0v) is 15.1. The van der Waals surface area contributed by atoms with E-state index in [2.05, 4.69) is 16.0 Å². The van der Waals surface area contributed by atoms with Gasteiger partial charge in [0.25, 0.3) is 5.91 Å². The largest absolute Gasteiger partial charge is 0.376 e. The molecule has 0 unspecified atom stereocenters. The Morgan fingerprint density at radius 2 is 1.76 bits per heavy atom. The third-order valence-electron chi connectivity index (χ3n) is 3.88. The summed E-state index contributed by atoms with van der Waals surface area (Å²) in [6.07, 6.45) is 0. The number of anilines is 2. The SMILES string of the molecule is Cc1cccc(NC(=O)CNc2cccc(C(=O)NC(C)C)c2)c1C. The van der Waals surface area contributed by atoms with Gasteiger partial charge in [0, 0.05) is 23.0 Å². The molecule has 0 bridgehead atoms. The van der Waals surface area contributed by atoms with Crippen molar-refractivity contribution >= 4 is 23.2 Å². The van der Waals surface area contributed by atoms with Crippen molar-refractivity contribution < 1.29 is 9.59 Å². The predicted octanol–water partition coefficient (Wildman–Crippen LogP) is 3.49. The Labute approximate surface area is 148 Å². The van der Waals surface area contributed by atoms with Gasteiger partial charge in [0.05, 0.1) is 6.54 Å². The number of aryl methyl sites for hydroxylation is 1. The van der Waals surface area contributed by atoms with Crippen molar-refractivity contribution in [3.63, 3.8) is 0 Å². The minimum Gasteiger partial charge on any atom is -0.376 e. The Morgan fingerprint density at radius 3 is 2.48 bits per heavy atom. The van der Waals surface area contributed by atoms with Gasteiger partial charge in [-0.05, 0) is 63.1 Å². The third-order valence-corrected chi connectivity index (χ3v) is 3.88. The Hall–Kier alpha value is -2.82. The number of amides is 2. The number of carbonyl (C=O) groups excluding carboxylic acids is 2. The number of rotatable bonds is 6. The third kappa shape index (κ3) is 5.35. The molecule has 0 heterocycles. The average Bonchev–Trinajstić information content (AvgIpc) is 2.57. The summed E-state index contributed by atoms with van der Waals surface area (Å²) in [5, 5.41) is 8.81. The second kappa shape index (κ2) is 8.33. The lowest BCUT2D eigenvalue weighted by molar-refractivity contribution is -0.114. The van der Waals surface area contributed by atoms with Gasteiger partial charge >= 0.3 is 0 Å². The molecule has 0 aromatic heterocycles. The van der Waals surface area contributed by atoms with Crippen LogP contribution < -0.4 is 16.0 Å². The van der Waals surface area contributed by atoms with Crippen LogP contribution in [0.5, 0.6) is 0 Å². The molecular formula is C20H25N3O2. The van der Waals surface area contributed by atoms with Crippen molar-refractivity contribution in [2.45, 2.75) is 33.7 Å². The molecule has 3 N–H and O–H groups in total. The minimum absolute atomic E-state index is 0.0764. The highest BCUT2D eigenvalue weighted by Gasteiger charge is 2.09. The first-order valence-electron chi connectivity index (χ1n) is 8.37. The highest BCUT2D eigenvalue weighted by Crippen LogP contribution is 2.18. The van der Waals surface area contributed by atoms with E-state index in [1.165, 1.54) is 0 Å². The molecule has 0 aliphatic carbocycles. The van der Waals surface area contributed by atoms with Crippen LogP contribution in [-0.4, -0.2) is 24.4 Å². The highest BCUT2D eigenvalue weighted by molar-refractivity contribution is 5.96. The van der Waals surface area contributed by atoms with Crippen LogP contribution in [0, 0.1) is 13.8 Å². The van der Waals surface area contributed by atoms with Crippen molar-refractivity contribution in [3.05, 3.63) is 59.2 Å². The minimum atomic E-state index is -0.134. The Morgan fingerprint density at radius 1 is 1.04 bits per heavy atom. The van der Waals surface area contributed by atoms with E-state index in [-0.39, 0.29) is 24.4 Å². The standard InChI is InChI=1S/C20H25N3O2/c1-13(2)22-20(25)16-8-6-9-17(11-16)21-12-19(24)23-18-10-5-7-14(3)15(18)4/h5-11,13,21H,12H2,1-4H3,(H,22,25)(H,23,24). The number of hydrogen-bond acceptors (Lipinski definition) is 3. The molecule has 0 radical (unpaired) electrons. The molecule has 5 nitrogen and oxygen atoms in total. The van der Waals surface area contributed by atoms with Crippen LogP contribution >= 0.6 is 0 Å². The van der Waals surface area contributed by atoms with E-state index in [0.717, 1.165) is 22.5 Å². The fourth-order valence-corrected chi connectivity index (χ4v) is 2.38. The summed E-state index contributed by atoms with van der Waals surface area (Å²) in [4.78, 5) is 24.2. The van der Waals surface area contributed by atoms with Gasteiger partial charge in [-0.3, -0.25) is 9.59 Å². The van der Waals surface area contributed by atoms with Crippen LogP contribution in [0.15, 0.2) is 42.5 Å². The summed E-state index contributed by atoms with van der Waals surface area (Å²) in [6, 6.07) is 13.0. The Balaban J connectivity index is 1.95. The van der Waals surface area contributed by atoms with Gasteiger partial charge in [0.1, 0.15) is 0 Å². The molecule has 5 heteroatoms. The van der Waals surface area contributed by atoms with Crippen molar-refractivity contribution in [3.8, 4) is 0 Å². The van der Waals surface area contributed by atoms with Crippen LogP contribution in [0.3, 0.4) is 0 Å². The first-order valence-corrected chi connectivity index (χ1v) is 8.37. The van der Waals surface area contributed by atoms with Crippen molar-refractivity contribution in [1.29, 1.82) is 0 Å². The lowest BCUT2D eigenvalue weighted by Gasteiger charge is -2.12. The maximum Gasteiger partial charge on any atom is 0.251 e. The van der Waals surface area contributed by atoms with Gasteiger partial charge in [-0.1, -0.05) is 18.2 Å². The van der Waals surface area contributed by atoms with E-state index < -0.39 is 0 Å². The summed E-state index contributed by atoms with van der Waals surface area (Å²) in [5.74, 6) is -0.260. The molecule has 0 atom stereocenters. The van der Waals surface area contributed by atoms with Crippen LogP contribution in [0.25, 0.3) is 0 Å². The van der Waals surface area contributed by atoms with Gasteiger partial charge in [0.15, 0.2) is 0 Å². The van der Waals surface area contributed by atoms with E-state index in [4.69, 9.17) is 0 Å². The molecule has 0 aliphatic rings. The molecule has 25 heavy (non-hydrogen) atoms. The fourth-order valence-electron chi connectivity index (χ4n) is 2.38. The van der Waals surface area contributed by atoms with Crippen molar-refractivity contribution in [2.75, 3.05) is 17.2 Å². The first-order chi connectivity index (χ1) is 11.9. The zero-order valence-electron chi connectivity index (χ0n) is 15.1. The summed E-state index contributed by atoms with van der Waals surface area (Å²) >= 11 is 0.